The van der Waals surface area contributed by atoms with Crippen LogP contribution in [0.25, 0.3) is 11.3 Å². The predicted molar refractivity (Wildman–Crippen MR) is 113 cm³/mol. The van der Waals surface area contributed by atoms with Crippen molar-refractivity contribution in [1.82, 2.24) is 10.2 Å². The summed E-state index contributed by atoms with van der Waals surface area (Å²) in [6.45, 7) is 1.45. The van der Waals surface area contributed by atoms with Crippen molar-refractivity contribution in [2.75, 3.05) is 18.0 Å². The van der Waals surface area contributed by atoms with Crippen molar-refractivity contribution < 1.29 is 13.9 Å². The van der Waals surface area contributed by atoms with Crippen molar-refractivity contribution in [3.05, 3.63) is 71.0 Å². The number of hydrogen-bond donors (Lipinski definition) is 0. The third-order valence-corrected chi connectivity index (χ3v) is 6.08. The smallest absolute Gasteiger partial charge is 0.170 e. The third-order valence-electron chi connectivity index (χ3n) is 5.84. The number of piperidine rings is 1. The van der Waals surface area contributed by atoms with Crippen LogP contribution in [0.2, 0.25) is 5.02 Å². The van der Waals surface area contributed by atoms with E-state index in [2.05, 4.69) is 15.1 Å². The van der Waals surface area contributed by atoms with Gasteiger partial charge in [-0.3, -0.25) is 4.79 Å². The van der Waals surface area contributed by atoms with Crippen molar-refractivity contribution in [2.45, 2.75) is 24.9 Å². The molecule has 7 heteroatoms. The van der Waals surface area contributed by atoms with Gasteiger partial charge in [0.25, 0.3) is 0 Å². The van der Waals surface area contributed by atoms with Crippen LogP contribution >= 0.6 is 11.6 Å². The van der Waals surface area contributed by atoms with Gasteiger partial charge in [0, 0.05) is 36.5 Å². The maximum Gasteiger partial charge on any atom is 0.170 e. The Kier molecular flexibility index (Phi) is 4.66. The van der Waals surface area contributed by atoms with Crippen LogP contribution in [-0.2, 0) is 0 Å². The summed E-state index contributed by atoms with van der Waals surface area (Å²) in [7, 11) is 0. The number of benzene rings is 2. The quantitative estimate of drug-likeness (QED) is 0.584. The van der Waals surface area contributed by atoms with E-state index in [-0.39, 0.29) is 11.6 Å². The fourth-order valence-corrected chi connectivity index (χ4v) is 4.33. The van der Waals surface area contributed by atoms with Crippen molar-refractivity contribution in [1.29, 1.82) is 0 Å². The number of anilines is 1. The van der Waals surface area contributed by atoms with E-state index in [1.165, 1.54) is 12.1 Å². The Hall–Kier alpha value is -2.99. The minimum absolute atomic E-state index is 0.0793. The minimum Gasteiger partial charge on any atom is -0.486 e. The van der Waals surface area contributed by atoms with Gasteiger partial charge in [0.1, 0.15) is 17.2 Å². The summed E-state index contributed by atoms with van der Waals surface area (Å²) in [5.74, 6) is 1.20. The van der Waals surface area contributed by atoms with Crippen LogP contribution < -0.4 is 9.64 Å². The summed E-state index contributed by atoms with van der Waals surface area (Å²) in [5.41, 5.74) is 1.61. The number of aromatic nitrogens is 2. The number of halogens is 2. The second-order valence-electron chi connectivity index (χ2n) is 7.80. The van der Waals surface area contributed by atoms with E-state index in [4.69, 9.17) is 16.3 Å². The molecule has 0 N–H and O–H groups in total. The van der Waals surface area contributed by atoms with Crippen LogP contribution in [0.1, 0.15) is 29.6 Å². The van der Waals surface area contributed by atoms with Crippen LogP contribution in [0, 0.1) is 5.82 Å². The standard InChI is InChI=1S/C23H19ClFN3O2/c24-16-3-7-21-18(13-16)20(29)14-23(30-21)9-11-28(12-10-23)22-8-6-19(26-27-22)15-1-4-17(25)5-2-15/h1-8,13H,9-12,14H2. The maximum atomic E-state index is 13.1. The number of ketones is 1. The summed E-state index contributed by atoms with van der Waals surface area (Å²) in [6, 6.07) is 15.2. The highest BCUT2D eigenvalue weighted by atomic mass is 35.5. The number of carbonyl (C=O) groups excluding carboxylic acids is 1. The first-order chi connectivity index (χ1) is 14.5. The fraction of sp³-hybridized carbons (Fsp3) is 0.261. The lowest BCUT2D eigenvalue weighted by Gasteiger charge is -2.44. The van der Waals surface area contributed by atoms with Crippen molar-refractivity contribution >= 4 is 23.2 Å². The van der Waals surface area contributed by atoms with Crippen LogP contribution in [-0.4, -0.2) is 34.7 Å². The molecule has 1 spiro atoms. The molecule has 1 aromatic heterocycles. The van der Waals surface area contributed by atoms with E-state index in [0.717, 1.165) is 37.3 Å². The van der Waals surface area contributed by atoms with Gasteiger partial charge >= 0.3 is 0 Å². The summed E-state index contributed by atoms with van der Waals surface area (Å²) >= 11 is 6.02. The first kappa shape index (κ1) is 19.0. The molecule has 0 saturated carbocycles. The normalized spacial score (nSPS) is 17.5. The number of hydrogen-bond acceptors (Lipinski definition) is 5. The summed E-state index contributed by atoms with van der Waals surface area (Å²) in [5, 5.41) is 9.19. The van der Waals surface area contributed by atoms with Crippen molar-refractivity contribution in [2.24, 2.45) is 0 Å². The number of ether oxygens (including phenoxy) is 1. The molecule has 0 amide bonds. The van der Waals surface area contributed by atoms with E-state index < -0.39 is 5.60 Å². The molecule has 3 aromatic rings. The lowest BCUT2D eigenvalue weighted by atomic mass is 9.82. The second-order valence-corrected chi connectivity index (χ2v) is 8.23. The van der Waals surface area contributed by atoms with E-state index >= 15 is 0 Å². The second kappa shape index (κ2) is 7.36. The average Bonchev–Trinajstić information content (AvgIpc) is 2.76. The first-order valence-electron chi connectivity index (χ1n) is 9.88. The first-order valence-corrected chi connectivity index (χ1v) is 10.3. The van der Waals surface area contributed by atoms with Gasteiger partial charge < -0.3 is 9.64 Å². The highest BCUT2D eigenvalue weighted by molar-refractivity contribution is 6.31. The molecule has 0 bridgehead atoms. The van der Waals surface area contributed by atoms with Crippen molar-refractivity contribution in [3.8, 4) is 17.0 Å². The SMILES string of the molecule is O=C1CC2(CCN(c3ccc(-c4ccc(F)cc4)nn3)CC2)Oc2ccc(Cl)cc21. The topological polar surface area (TPSA) is 55.3 Å². The molecule has 2 aromatic carbocycles. The number of carbonyl (C=O) groups is 1. The zero-order chi connectivity index (χ0) is 20.7. The molecule has 0 unspecified atom stereocenters. The summed E-state index contributed by atoms with van der Waals surface area (Å²) in [4.78, 5) is 14.8. The molecule has 1 saturated heterocycles. The molecule has 5 nitrogen and oxygen atoms in total. The maximum absolute atomic E-state index is 13.1. The molecular formula is C23H19ClFN3O2. The summed E-state index contributed by atoms with van der Waals surface area (Å²) in [6.07, 6.45) is 1.81. The minimum atomic E-state index is -0.476. The molecule has 0 atom stereocenters. The Bertz CT molecular complexity index is 1090. The lowest BCUT2D eigenvalue weighted by Crippen LogP contribution is -2.51. The Morgan fingerprint density at radius 3 is 2.47 bits per heavy atom. The van der Waals surface area contributed by atoms with Gasteiger partial charge in [-0.05, 0) is 54.6 Å². The monoisotopic (exact) mass is 423 g/mol. The molecule has 2 aliphatic heterocycles. The Morgan fingerprint density at radius 1 is 1.00 bits per heavy atom. The molecule has 30 heavy (non-hydrogen) atoms. The highest BCUT2D eigenvalue weighted by Crippen LogP contribution is 2.40. The van der Waals surface area contributed by atoms with Gasteiger partial charge in [-0.1, -0.05) is 11.6 Å². The molecule has 0 radical (unpaired) electrons. The van der Waals surface area contributed by atoms with E-state index in [0.29, 0.717) is 28.5 Å². The van der Waals surface area contributed by atoms with Gasteiger partial charge in [-0.15, -0.1) is 10.2 Å². The summed E-state index contributed by atoms with van der Waals surface area (Å²) < 4.78 is 19.4. The number of Topliss-reactive ketones (excluding diaryl/α,β-unsaturated/α-hetero) is 1. The molecule has 5 rings (SSSR count). The van der Waals surface area contributed by atoms with Crippen LogP contribution in [0.4, 0.5) is 10.2 Å². The van der Waals surface area contributed by atoms with Gasteiger partial charge in [0.15, 0.2) is 11.6 Å². The molecule has 152 valence electrons. The molecule has 1 fully saturated rings. The van der Waals surface area contributed by atoms with Crippen LogP contribution in [0.5, 0.6) is 5.75 Å². The Morgan fingerprint density at radius 2 is 1.77 bits per heavy atom. The Balaban J connectivity index is 1.29. The van der Waals surface area contributed by atoms with E-state index in [1.54, 1.807) is 30.3 Å². The number of fused-ring (bicyclic) bond motifs is 1. The van der Waals surface area contributed by atoms with Gasteiger partial charge in [0.2, 0.25) is 0 Å². The van der Waals surface area contributed by atoms with E-state index in [1.807, 2.05) is 12.1 Å². The zero-order valence-corrected chi connectivity index (χ0v) is 16.9. The molecule has 3 heterocycles. The Labute approximate surface area is 178 Å². The van der Waals surface area contributed by atoms with Gasteiger partial charge in [-0.25, -0.2) is 4.39 Å². The van der Waals surface area contributed by atoms with E-state index in [9.17, 15) is 9.18 Å². The lowest BCUT2D eigenvalue weighted by molar-refractivity contribution is 0.0231. The molecule has 2 aliphatic rings. The van der Waals surface area contributed by atoms with Crippen LogP contribution in [0.15, 0.2) is 54.6 Å². The number of rotatable bonds is 2. The molecular weight excluding hydrogens is 405 g/mol. The van der Waals surface area contributed by atoms with Crippen molar-refractivity contribution in [3.63, 3.8) is 0 Å². The predicted octanol–water partition coefficient (Wildman–Crippen LogP) is 4.94. The number of nitrogens with zero attached hydrogens (tertiary/aromatic N) is 3. The molecule has 0 aliphatic carbocycles. The largest absolute Gasteiger partial charge is 0.486 e. The van der Waals surface area contributed by atoms with Crippen LogP contribution in [0.3, 0.4) is 0 Å². The highest BCUT2D eigenvalue weighted by Gasteiger charge is 2.43. The third kappa shape index (κ3) is 3.52. The zero-order valence-electron chi connectivity index (χ0n) is 16.1. The fourth-order valence-electron chi connectivity index (χ4n) is 4.16. The van der Waals surface area contributed by atoms with Gasteiger partial charge in [0.05, 0.1) is 17.7 Å². The average molecular weight is 424 g/mol. The van der Waals surface area contributed by atoms with Gasteiger partial charge in [-0.2, -0.15) is 0 Å².